The highest BCUT2D eigenvalue weighted by molar-refractivity contribution is 6.08. The Kier molecular flexibility index (Phi) is 6.78. The fourth-order valence-corrected chi connectivity index (χ4v) is 5.25. The van der Waals surface area contributed by atoms with Crippen LogP contribution in [-0.2, 0) is 4.74 Å². The quantitative estimate of drug-likeness (QED) is 0.338. The molecule has 1 aliphatic carbocycles. The first-order valence-corrected chi connectivity index (χ1v) is 11.6. The van der Waals surface area contributed by atoms with Crippen LogP contribution in [0.3, 0.4) is 0 Å². The Balaban J connectivity index is 1.80. The highest BCUT2D eigenvalue weighted by Gasteiger charge is 2.53. The van der Waals surface area contributed by atoms with Crippen molar-refractivity contribution in [2.24, 2.45) is 0 Å². The van der Waals surface area contributed by atoms with E-state index in [1.54, 1.807) is 6.92 Å². The molecule has 0 radical (unpaired) electrons. The van der Waals surface area contributed by atoms with Gasteiger partial charge in [-0.15, -0.1) is 0 Å². The number of ketones is 1. The number of benzene rings is 2. The predicted molar refractivity (Wildman–Crippen MR) is 123 cm³/mol. The standard InChI is InChI=1S/C25H30O10/c1-11-8-13-9-14(23(31)32)10-15(17(13)18(27)16(11)12(2)26)34-24-21(30)19(28)20(29)22(35-24)25(33)6-4-3-5-7-25/h8-10,19-22,24,27-30,33H,3-7H2,1-2H3,(H,31,32)/t19-,20-,21+,22-,24+/m0/s1. The predicted octanol–water partition coefficient (Wildman–Crippen LogP) is 1.64. The van der Waals surface area contributed by atoms with Gasteiger partial charge in [-0.2, -0.15) is 0 Å². The summed E-state index contributed by atoms with van der Waals surface area (Å²) in [6.45, 7) is 2.88. The molecule has 0 spiro atoms. The van der Waals surface area contributed by atoms with Crippen molar-refractivity contribution in [1.82, 2.24) is 0 Å². The number of carbonyl (C=O) groups is 2. The third kappa shape index (κ3) is 4.48. The van der Waals surface area contributed by atoms with E-state index in [-0.39, 0.29) is 27.6 Å². The number of aromatic carboxylic acids is 1. The maximum absolute atomic E-state index is 12.1. The van der Waals surface area contributed by atoms with Crippen LogP contribution in [0.2, 0.25) is 0 Å². The second-order valence-corrected chi connectivity index (χ2v) is 9.53. The van der Waals surface area contributed by atoms with Crippen molar-refractivity contribution in [1.29, 1.82) is 0 Å². The maximum Gasteiger partial charge on any atom is 0.335 e. The lowest BCUT2D eigenvalue weighted by molar-refractivity contribution is -0.308. The number of hydrogen-bond acceptors (Lipinski definition) is 9. The zero-order chi connectivity index (χ0) is 25.7. The second-order valence-electron chi connectivity index (χ2n) is 9.53. The summed E-state index contributed by atoms with van der Waals surface area (Å²) in [4.78, 5) is 23.9. The minimum Gasteiger partial charge on any atom is -0.506 e. The van der Waals surface area contributed by atoms with Gasteiger partial charge in [-0.25, -0.2) is 4.79 Å². The number of carbonyl (C=O) groups excluding carboxylic acids is 1. The molecule has 0 unspecified atom stereocenters. The fraction of sp³-hybridized carbons (Fsp3) is 0.520. The number of fused-ring (bicyclic) bond motifs is 1. The fourth-order valence-electron chi connectivity index (χ4n) is 5.25. The summed E-state index contributed by atoms with van der Waals surface area (Å²) in [5, 5.41) is 63.6. The number of phenols is 1. The van der Waals surface area contributed by atoms with Crippen molar-refractivity contribution in [2.75, 3.05) is 0 Å². The second kappa shape index (κ2) is 9.36. The summed E-state index contributed by atoms with van der Waals surface area (Å²) >= 11 is 0. The van der Waals surface area contributed by atoms with Crippen LogP contribution < -0.4 is 4.74 Å². The average molecular weight is 491 g/mol. The Morgan fingerprint density at radius 1 is 1.03 bits per heavy atom. The van der Waals surface area contributed by atoms with Crippen LogP contribution in [-0.4, -0.2) is 78.7 Å². The third-order valence-electron chi connectivity index (χ3n) is 7.03. The number of carboxylic acids is 1. The Labute approximate surface area is 201 Å². The Bertz CT molecular complexity index is 1150. The van der Waals surface area contributed by atoms with Crippen LogP contribution in [0, 0.1) is 6.92 Å². The first-order valence-electron chi connectivity index (χ1n) is 11.6. The third-order valence-corrected chi connectivity index (χ3v) is 7.03. The van der Waals surface area contributed by atoms with Crippen LogP contribution in [0.25, 0.3) is 10.8 Å². The Hall–Kier alpha value is -2.76. The van der Waals surface area contributed by atoms with Crippen LogP contribution >= 0.6 is 0 Å². The number of hydrogen-bond donors (Lipinski definition) is 6. The molecule has 2 aliphatic rings. The molecule has 1 aliphatic heterocycles. The molecule has 0 bridgehead atoms. The number of aliphatic hydroxyl groups is 4. The average Bonchev–Trinajstić information content (AvgIpc) is 2.78. The number of carboxylic acid groups (broad SMARTS) is 1. The minimum atomic E-state index is -1.75. The topological polar surface area (TPSA) is 174 Å². The van der Waals surface area contributed by atoms with E-state index >= 15 is 0 Å². The molecule has 1 heterocycles. The van der Waals surface area contributed by atoms with Crippen molar-refractivity contribution in [3.8, 4) is 11.5 Å². The van der Waals surface area contributed by atoms with Gasteiger partial charge in [0, 0.05) is 0 Å². The first-order chi connectivity index (χ1) is 16.4. The molecule has 2 aromatic carbocycles. The van der Waals surface area contributed by atoms with Crippen molar-refractivity contribution in [2.45, 2.75) is 82.3 Å². The van der Waals surface area contributed by atoms with Crippen molar-refractivity contribution in [3.05, 3.63) is 34.9 Å². The van der Waals surface area contributed by atoms with Crippen molar-refractivity contribution in [3.63, 3.8) is 0 Å². The molecule has 2 fully saturated rings. The van der Waals surface area contributed by atoms with E-state index in [0.717, 1.165) is 12.5 Å². The summed E-state index contributed by atoms with van der Waals surface area (Å²) < 4.78 is 11.6. The van der Waals surface area contributed by atoms with Gasteiger partial charge in [0.25, 0.3) is 0 Å². The molecule has 5 atom stereocenters. The van der Waals surface area contributed by atoms with E-state index in [0.29, 0.717) is 31.2 Å². The summed E-state index contributed by atoms with van der Waals surface area (Å²) in [5.74, 6) is -2.32. The molecular formula is C25H30O10. The minimum absolute atomic E-state index is 0.0233. The number of aryl methyl sites for hydroxylation is 1. The Morgan fingerprint density at radius 3 is 2.29 bits per heavy atom. The van der Waals surface area contributed by atoms with Gasteiger partial charge in [0.2, 0.25) is 6.29 Å². The van der Waals surface area contributed by atoms with Gasteiger partial charge in [0.05, 0.1) is 22.1 Å². The molecular weight excluding hydrogens is 460 g/mol. The van der Waals surface area contributed by atoms with Gasteiger partial charge in [0.1, 0.15) is 35.9 Å². The Morgan fingerprint density at radius 2 is 1.69 bits per heavy atom. The molecule has 10 heteroatoms. The smallest absolute Gasteiger partial charge is 0.335 e. The molecule has 190 valence electrons. The molecule has 1 saturated heterocycles. The van der Waals surface area contributed by atoms with Gasteiger partial charge in [-0.3, -0.25) is 4.79 Å². The van der Waals surface area contributed by atoms with E-state index < -0.39 is 53.8 Å². The first kappa shape index (κ1) is 25.3. The number of Topliss-reactive ketones (excluding diaryl/α,β-unsaturated/α-hetero) is 1. The van der Waals surface area contributed by atoms with E-state index in [1.165, 1.54) is 19.1 Å². The lowest BCUT2D eigenvalue weighted by Crippen LogP contribution is -2.65. The summed E-state index contributed by atoms with van der Waals surface area (Å²) in [6.07, 6.45) is -5.01. The molecule has 6 N–H and O–H groups in total. The zero-order valence-electron chi connectivity index (χ0n) is 19.5. The van der Waals surface area contributed by atoms with Crippen molar-refractivity contribution < 1.29 is 49.7 Å². The molecule has 1 saturated carbocycles. The van der Waals surface area contributed by atoms with Crippen molar-refractivity contribution >= 4 is 22.5 Å². The monoisotopic (exact) mass is 490 g/mol. The molecule has 4 rings (SSSR count). The van der Waals surface area contributed by atoms with Crippen LogP contribution in [0.4, 0.5) is 0 Å². The van der Waals surface area contributed by atoms with Gasteiger partial charge >= 0.3 is 5.97 Å². The van der Waals surface area contributed by atoms with E-state index in [2.05, 4.69) is 0 Å². The molecule has 10 nitrogen and oxygen atoms in total. The van der Waals surface area contributed by atoms with Crippen LogP contribution in [0.5, 0.6) is 11.5 Å². The number of rotatable bonds is 5. The molecule has 35 heavy (non-hydrogen) atoms. The van der Waals surface area contributed by atoms with E-state index in [9.17, 15) is 40.2 Å². The lowest BCUT2D eigenvalue weighted by atomic mass is 9.76. The summed E-state index contributed by atoms with van der Waals surface area (Å²) in [6, 6.07) is 3.96. The molecule has 2 aromatic rings. The summed E-state index contributed by atoms with van der Waals surface area (Å²) in [5.41, 5.74) is -1.18. The molecule has 0 amide bonds. The largest absolute Gasteiger partial charge is 0.506 e. The van der Waals surface area contributed by atoms with Crippen LogP contribution in [0.1, 0.15) is 65.3 Å². The van der Waals surface area contributed by atoms with Gasteiger partial charge in [0.15, 0.2) is 5.78 Å². The normalized spacial score (nSPS) is 28.6. The number of aromatic hydroxyl groups is 1. The number of phenolic OH excluding ortho intramolecular Hbond substituents is 1. The van der Waals surface area contributed by atoms with Gasteiger partial charge in [-0.05, 0) is 49.8 Å². The van der Waals surface area contributed by atoms with Gasteiger partial charge in [-0.1, -0.05) is 25.3 Å². The summed E-state index contributed by atoms with van der Waals surface area (Å²) in [7, 11) is 0. The van der Waals surface area contributed by atoms with E-state index in [1.807, 2.05) is 0 Å². The highest BCUT2D eigenvalue weighted by atomic mass is 16.7. The SMILES string of the molecule is CC(=O)c1c(C)cc2cc(C(=O)O)cc(O[C@@H]3O[C@H](C4(O)CCCCC4)[C@@H](O)[C@H](O)[C@H]3O)c2c1O. The molecule has 0 aromatic heterocycles. The number of aliphatic hydroxyl groups excluding tert-OH is 3. The maximum atomic E-state index is 12.1. The zero-order valence-corrected chi connectivity index (χ0v) is 19.5. The highest BCUT2D eigenvalue weighted by Crippen LogP contribution is 2.42. The van der Waals surface area contributed by atoms with E-state index in [4.69, 9.17) is 9.47 Å². The van der Waals surface area contributed by atoms with Gasteiger partial charge < -0.3 is 40.1 Å². The number of ether oxygens (including phenoxy) is 2. The lowest BCUT2D eigenvalue weighted by Gasteiger charge is -2.48. The van der Waals surface area contributed by atoms with Crippen LogP contribution in [0.15, 0.2) is 18.2 Å².